The van der Waals surface area contributed by atoms with Crippen LogP contribution in [0.5, 0.6) is 11.5 Å². The molecule has 3 aromatic rings. The summed E-state index contributed by atoms with van der Waals surface area (Å²) >= 11 is 0. The Balaban J connectivity index is 1.06. The molecule has 1 saturated carbocycles. The van der Waals surface area contributed by atoms with Gasteiger partial charge in [0.25, 0.3) is 5.91 Å². The number of rotatable bonds is 4. The van der Waals surface area contributed by atoms with E-state index in [1.807, 2.05) is 50.2 Å². The van der Waals surface area contributed by atoms with Crippen molar-refractivity contribution in [1.82, 2.24) is 10.2 Å². The summed E-state index contributed by atoms with van der Waals surface area (Å²) in [6.07, 6.45) is 5.00. The molecule has 3 aliphatic heterocycles. The molecule has 1 spiro atoms. The zero-order valence-corrected chi connectivity index (χ0v) is 23.2. The van der Waals surface area contributed by atoms with Crippen LogP contribution in [-0.2, 0) is 19.9 Å². The van der Waals surface area contributed by atoms with Crippen molar-refractivity contribution in [3.05, 3.63) is 106 Å². The standard InChI is InChI=1S/C34H28N2O6/c1-17-3-8-24-26(13-17)41-27-14-18(2)4-9-25(27)34(24)23-10-7-21(16-22(23)33(40)42-34)30(37)35-11-12-36-31(38)28-19-5-6-20(15-19)29(28)32(36)39/h3-10,13-14,16,19-20,28-29H,11-12,15H2,1-2H3,(H,35,37). The molecule has 3 heterocycles. The maximum absolute atomic E-state index is 13.4. The summed E-state index contributed by atoms with van der Waals surface area (Å²) in [5, 5.41) is 2.82. The van der Waals surface area contributed by atoms with Crippen LogP contribution in [0.4, 0.5) is 0 Å². The second-order valence-corrected chi connectivity index (χ2v) is 12.0. The van der Waals surface area contributed by atoms with Crippen LogP contribution in [0.25, 0.3) is 0 Å². The number of carbonyl (C=O) groups is 4. The summed E-state index contributed by atoms with van der Waals surface area (Å²) in [6.45, 7) is 4.20. The molecular weight excluding hydrogens is 532 g/mol. The third kappa shape index (κ3) is 3.29. The van der Waals surface area contributed by atoms with E-state index < -0.39 is 17.5 Å². The van der Waals surface area contributed by atoms with Crippen molar-refractivity contribution in [2.24, 2.45) is 23.7 Å². The number of nitrogens with one attached hydrogen (secondary N) is 1. The van der Waals surface area contributed by atoms with Gasteiger partial charge < -0.3 is 14.8 Å². The van der Waals surface area contributed by atoms with Crippen molar-refractivity contribution in [1.29, 1.82) is 0 Å². The number of benzene rings is 3. The fourth-order valence-corrected chi connectivity index (χ4v) is 7.65. The second kappa shape index (κ2) is 8.64. The van der Waals surface area contributed by atoms with Crippen LogP contribution in [0.1, 0.15) is 55.0 Å². The monoisotopic (exact) mass is 560 g/mol. The molecule has 8 nitrogen and oxygen atoms in total. The molecule has 4 unspecified atom stereocenters. The molecular formula is C34H28N2O6. The van der Waals surface area contributed by atoms with Gasteiger partial charge in [0.2, 0.25) is 11.8 Å². The lowest BCUT2D eigenvalue weighted by Gasteiger charge is -2.36. The zero-order chi connectivity index (χ0) is 28.9. The number of aryl methyl sites for hydroxylation is 2. The summed E-state index contributed by atoms with van der Waals surface area (Å²) in [6, 6.07) is 16.6. The average molecular weight is 561 g/mol. The van der Waals surface area contributed by atoms with E-state index in [2.05, 4.69) is 17.5 Å². The molecule has 210 valence electrons. The average Bonchev–Trinajstić information content (AvgIpc) is 3.72. The second-order valence-electron chi connectivity index (χ2n) is 12.0. The van der Waals surface area contributed by atoms with Gasteiger partial charge in [0.15, 0.2) is 5.60 Å². The Hall–Kier alpha value is -4.72. The van der Waals surface area contributed by atoms with Gasteiger partial charge in [-0.3, -0.25) is 19.3 Å². The fourth-order valence-electron chi connectivity index (χ4n) is 7.65. The largest absolute Gasteiger partial charge is 0.456 e. The van der Waals surface area contributed by atoms with Crippen LogP contribution in [0.2, 0.25) is 0 Å². The Bertz CT molecular complexity index is 1710. The molecule has 8 heteroatoms. The SMILES string of the molecule is Cc1ccc2c(c1)Oc1cc(C)ccc1C21OC(=O)c2cc(C(=O)NCCN3C(=O)C4C5C=CC(C5)C4C3=O)ccc21. The van der Waals surface area contributed by atoms with Crippen molar-refractivity contribution in [2.45, 2.75) is 25.9 Å². The number of carbonyl (C=O) groups excluding carboxylic acids is 4. The van der Waals surface area contributed by atoms with Gasteiger partial charge in [-0.1, -0.05) is 42.5 Å². The number of likely N-dealkylation sites (tertiary alicyclic amines) is 1. The van der Waals surface area contributed by atoms with E-state index in [9.17, 15) is 19.2 Å². The molecule has 2 bridgehead atoms. The predicted molar refractivity (Wildman–Crippen MR) is 151 cm³/mol. The van der Waals surface area contributed by atoms with Gasteiger partial charge in [-0.15, -0.1) is 0 Å². The number of esters is 1. The summed E-state index contributed by atoms with van der Waals surface area (Å²) in [5.41, 5.74) is 3.52. The van der Waals surface area contributed by atoms with E-state index in [1.165, 1.54) is 4.90 Å². The van der Waals surface area contributed by atoms with Gasteiger partial charge in [0, 0.05) is 35.3 Å². The molecule has 4 atom stereocenters. The summed E-state index contributed by atoms with van der Waals surface area (Å²) < 4.78 is 12.5. The highest BCUT2D eigenvalue weighted by atomic mass is 16.6. The van der Waals surface area contributed by atoms with Gasteiger partial charge in [-0.05, 0) is 67.5 Å². The van der Waals surface area contributed by atoms with Crippen LogP contribution in [-0.4, -0.2) is 41.7 Å². The lowest BCUT2D eigenvalue weighted by atomic mass is 9.77. The highest BCUT2D eigenvalue weighted by Crippen LogP contribution is 2.56. The van der Waals surface area contributed by atoms with Crippen LogP contribution >= 0.6 is 0 Å². The number of hydrogen-bond donors (Lipinski definition) is 1. The van der Waals surface area contributed by atoms with Crippen LogP contribution < -0.4 is 10.1 Å². The number of nitrogens with zero attached hydrogens (tertiary/aromatic N) is 1. The van der Waals surface area contributed by atoms with Crippen molar-refractivity contribution in [2.75, 3.05) is 13.1 Å². The Labute approximate surface area is 242 Å². The molecule has 3 amide bonds. The van der Waals surface area contributed by atoms with E-state index in [0.29, 0.717) is 28.2 Å². The number of hydrogen-bond acceptors (Lipinski definition) is 6. The van der Waals surface area contributed by atoms with Crippen LogP contribution in [0.15, 0.2) is 66.7 Å². The van der Waals surface area contributed by atoms with Crippen LogP contribution in [0.3, 0.4) is 0 Å². The molecule has 3 aromatic carbocycles. The molecule has 1 N–H and O–H groups in total. The number of imide groups is 1. The minimum atomic E-state index is -1.20. The van der Waals surface area contributed by atoms with E-state index in [4.69, 9.17) is 9.47 Å². The third-order valence-corrected chi connectivity index (χ3v) is 9.56. The van der Waals surface area contributed by atoms with Gasteiger partial charge >= 0.3 is 5.97 Å². The number of amides is 3. The Morgan fingerprint density at radius 2 is 1.45 bits per heavy atom. The molecule has 5 aliphatic rings. The van der Waals surface area contributed by atoms with E-state index in [0.717, 1.165) is 28.7 Å². The molecule has 42 heavy (non-hydrogen) atoms. The first kappa shape index (κ1) is 25.0. The smallest absolute Gasteiger partial charge is 0.340 e. The Morgan fingerprint density at radius 3 is 2.07 bits per heavy atom. The first-order valence-corrected chi connectivity index (χ1v) is 14.4. The van der Waals surface area contributed by atoms with Crippen molar-refractivity contribution < 1.29 is 28.7 Å². The van der Waals surface area contributed by atoms with Crippen molar-refractivity contribution >= 4 is 23.7 Å². The lowest BCUT2D eigenvalue weighted by molar-refractivity contribution is -0.140. The number of allylic oxidation sites excluding steroid dienone is 2. The summed E-state index contributed by atoms with van der Waals surface area (Å²) in [5.74, 6) is -0.175. The van der Waals surface area contributed by atoms with E-state index in [-0.39, 0.29) is 48.6 Å². The third-order valence-electron chi connectivity index (χ3n) is 9.56. The van der Waals surface area contributed by atoms with Crippen molar-refractivity contribution in [3.63, 3.8) is 0 Å². The fraction of sp³-hybridized carbons (Fsp3) is 0.294. The summed E-state index contributed by atoms with van der Waals surface area (Å²) in [4.78, 5) is 53.8. The highest BCUT2D eigenvalue weighted by molar-refractivity contribution is 6.06. The first-order chi connectivity index (χ1) is 20.3. The van der Waals surface area contributed by atoms with Gasteiger partial charge in [0.05, 0.1) is 17.4 Å². The normalized spacial score (nSPS) is 25.2. The Morgan fingerprint density at radius 1 is 0.857 bits per heavy atom. The van der Waals surface area contributed by atoms with Crippen LogP contribution in [0, 0.1) is 37.5 Å². The van der Waals surface area contributed by atoms with Gasteiger partial charge in [-0.2, -0.15) is 0 Å². The maximum Gasteiger partial charge on any atom is 0.340 e. The Kier molecular flexibility index (Phi) is 5.15. The molecule has 0 radical (unpaired) electrons. The topological polar surface area (TPSA) is 102 Å². The highest BCUT2D eigenvalue weighted by Gasteiger charge is 2.59. The quantitative estimate of drug-likeness (QED) is 0.288. The number of fused-ring (bicyclic) bond motifs is 11. The minimum Gasteiger partial charge on any atom is -0.456 e. The first-order valence-electron chi connectivity index (χ1n) is 14.4. The molecule has 1 saturated heterocycles. The zero-order valence-electron chi connectivity index (χ0n) is 23.2. The van der Waals surface area contributed by atoms with E-state index >= 15 is 0 Å². The molecule has 8 rings (SSSR count). The molecule has 2 fully saturated rings. The molecule has 0 aromatic heterocycles. The van der Waals surface area contributed by atoms with Gasteiger partial charge in [-0.25, -0.2) is 4.79 Å². The lowest BCUT2D eigenvalue weighted by Crippen LogP contribution is -2.39. The van der Waals surface area contributed by atoms with E-state index in [1.54, 1.807) is 18.2 Å². The summed E-state index contributed by atoms with van der Waals surface area (Å²) in [7, 11) is 0. The predicted octanol–water partition coefficient (Wildman–Crippen LogP) is 4.41. The molecule has 2 aliphatic carbocycles. The maximum atomic E-state index is 13.4. The van der Waals surface area contributed by atoms with Crippen molar-refractivity contribution in [3.8, 4) is 11.5 Å². The van der Waals surface area contributed by atoms with Gasteiger partial charge in [0.1, 0.15) is 11.5 Å². The minimum absolute atomic E-state index is 0.123. The number of ether oxygens (including phenoxy) is 2.